The highest BCUT2D eigenvalue weighted by Gasteiger charge is 2.32. The van der Waals surface area contributed by atoms with E-state index in [9.17, 15) is 8.42 Å². The van der Waals surface area contributed by atoms with Crippen LogP contribution < -0.4 is 4.72 Å². The number of sulfonamides is 1. The first-order valence-corrected chi connectivity index (χ1v) is 9.48. The zero-order valence-corrected chi connectivity index (χ0v) is 14.4. The molecule has 0 bridgehead atoms. The van der Waals surface area contributed by atoms with E-state index in [1.807, 2.05) is 6.92 Å². The lowest BCUT2D eigenvalue weighted by molar-refractivity contribution is -0.0760. The highest BCUT2D eigenvalue weighted by molar-refractivity contribution is 7.89. The molecule has 128 valence electrons. The van der Waals surface area contributed by atoms with Crippen molar-refractivity contribution in [2.75, 3.05) is 6.61 Å². The standard InChI is InChI=1S/C17H21N3O3S/c1-17(9-5-6-10-23-17)16-18-11-14(12-19-16)13-20-24(21,22)15-7-3-2-4-8-15/h2-4,7-8,11-12,20H,5-6,9-10,13H2,1H3/t17-/m1/s1. The number of benzene rings is 1. The summed E-state index contributed by atoms with van der Waals surface area (Å²) in [6, 6.07) is 8.28. The molecule has 1 aliphatic rings. The minimum Gasteiger partial charge on any atom is -0.367 e. The minimum absolute atomic E-state index is 0.148. The molecule has 1 N–H and O–H groups in total. The lowest BCUT2D eigenvalue weighted by atomic mass is 9.95. The third-order valence-corrected chi connectivity index (χ3v) is 5.58. The van der Waals surface area contributed by atoms with Crippen molar-refractivity contribution in [1.29, 1.82) is 0 Å². The van der Waals surface area contributed by atoms with Crippen LogP contribution in [0.25, 0.3) is 0 Å². The van der Waals surface area contributed by atoms with Crippen LogP contribution in [0.5, 0.6) is 0 Å². The molecule has 1 saturated heterocycles. The molecule has 1 aliphatic heterocycles. The van der Waals surface area contributed by atoms with Gasteiger partial charge in [0.15, 0.2) is 5.82 Å². The summed E-state index contributed by atoms with van der Waals surface area (Å²) in [5.74, 6) is 0.650. The molecule has 1 aromatic carbocycles. The molecule has 6 nitrogen and oxygen atoms in total. The molecule has 0 radical (unpaired) electrons. The third kappa shape index (κ3) is 3.80. The summed E-state index contributed by atoms with van der Waals surface area (Å²) in [5, 5.41) is 0. The van der Waals surface area contributed by atoms with Crippen molar-refractivity contribution in [3.63, 3.8) is 0 Å². The van der Waals surface area contributed by atoms with Gasteiger partial charge in [0, 0.05) is 31.1 Å². The summed E-state index contributed by atoms with van der Waals surface area (Å²) >= 11 is 0. The Morgan fingerprint density at radius 2 is 1.88 bits per heavy atom. The number of aromatic nitrogens is 2. The second-order valence-electron chi connectivity index (χ2n) is 6.09. The van der Waals surface area contributed by atoms with Gasteiger partial charge in [-0.2, -0.15) is 0 Å². The van der Waals surface area contributed by atoms with Gasteiger partial charge in [-0.15, -0.1) is 0 Å². The summed E-state index contributed by atoms with van der Waals surface area (Å²) < 4.78 is 32.8. The normalized spacial score (nSPS) is 21.5. The van der Waals surface area contributed by atoms with Gasteiger partial charge >= 0.3 is 0 Å². The van der Waals surface area contributed by atoms with Gasteiger partial charge in [-0.25, -0.2) is 23.1 Å². The lowest BCUT2D eigenvalue weighted by Crippen LogP contribution is -2.32. The van der Waals surface area contributed by atoms with Crippen LogP contribution in [0, 0.1) is 0 Å². The number of nitrogens with one attached hydrogen (secondary N) is 1. The first kappa shape index (κ1) is 17.0. The molecule has 24 heavy (non-hydrogen) atoms. The van der Waals surface area contributed by atoms with Gasteiger partial charge in [-0.05, 0) is 38.3 Å². The Morgan fingerprint density at radius 1 is 1.17 bits per heavy atom. The summed E-state index contributed by atoms with van der Waals surface area (Å²) in [4.78, 5) is 8.99. The fraction of sp³-hybridized carbons (Fsp3) is 0.412. The number of hydrogen-bond acceptors (Lipinski definition) is 5. The molecule has 1 atom stereocenters. The second kappa shape index (κ2) is 6.96. The van der Waals surface area contributed by atoms with Crippen molar-refractivity contribution in [2.45, 2.75) is 43.2 Å². The quantitative estimate of drug-likeness (QED) is 0.898. The third-order valence-electron chi connectivity index (χ3n) is 4.17. The SMILES string of the molecule is C[C@]1(c2ncc(CNS(=O)(=O)c3ccccc3)cn2)CCCCO1. The number of ether oxygens (including phenoxy) is 1. The predicted octanol–water partition coefficient (Wildman–Crippen LogP) is 2.37. The molecule has 7 heteroatoms. The highest BCUT2D eigenvalue weighted by Crippen LogP contribution is 2.32. The summed E-state index contributed by atoms with van der Waals surface area (Å²) in [5.41, 5.74) is 0.262. The van der Waals surface area contributed by atoms with Crippen molar-refractivity contribution >= 4 is 10.0 Å². The summed E-state index contributed by atoms with van der Waals surface area (Å²) in [6.45, 7) is 2.87. The number of rotatable bonds is 5. The Bertz CT molecular complexity index is 770. The molecule has 3 rings (SSSR count). The molecule has 0 amide bonds. The van der Waals surface area contributed by atoms with Gasteiger partial charge in [-0.1, -0.05) is 18.2 Å². The molecule has 1 aromatic heterocycles. The highest BCUT2D eigenvalue weighted by atomic mass is 32.2. The van der Waals surface area contributed by atoms with Gasteiger partial charge in [0.1, 0.15) is 5.60 Å². The summed E-state index contributed by atoms with van der Waals surface area (Å²) in [7, 11) is -3.53. The first-order chi connectivity index (χ1) is 11.5. The van der Waals surface area contributed by atoms with Gasteiger partial charge in [0.2, 0.25) is 10.0 Å². The van der Waals surface area contributed by atoms with E-state index in [4.69, 9.17) is 4.74 Å². The lowest BCUT2D eigenvalue weighted by Gasteiger charge is -2.32. The van der Waals surface area contributed by atoms with Crippen LogP contribution in [0.1, 0.15) is 37.6 Å². The Hall–Kier alpha value is -1.83. The number of nitrogens with zero attached hydrogens (tertiary/aromatic N) is 2. The van der Waals surface area contributed by atoms with E-state index in [1.54, 1.807) is 42.7 Å². The van der Waals surface area contributed by atoms with Crippen LogP contribution in [0.3, 0.4) is 0 Å². The van der Waals surface area contributed by atoms with Crippen LogP contribution in [0.4, 0.5) is 0 Å². The van der Waals surface area contributed by atoms with Crippen LogP contribution in [0.15, 0.2) is 47.6 Å². The second-order valence-corrected chi connectivity index (χ2v) is 7.86. The van der Waals surface area contributed by atoms with Crippen molar-refractivity contribution in [2.24, 2.45) is 0 Å². The van der Waals surface area contributed by atoms with Crippen LogP contribution in [-0.4, -0.2) is 25.0 Å². The van der Waals surface area contributed by atoms with Gasteiger partial charge in [0.05, 0.1) is 4.90 Å². The Balaban J connectivity index is 1.66. The first-order valence-electron chi connectivity index (χ1n) is 8.00. The maximum absolute atomic E-state index is 12.2. The molecule has 1 fully saturated rings. The molecule has 0 aliphatic carbocycles. The molecule has 2 heterocycles. The molecule has 0 saturated carbocycles. The fourth-order valence-corrected chi connectivity index (χ4v) is 3.73. The summed E-state index contributed by atoms with van der Waals surface area (Å²) in [6.07, 6.45) is 6.36. The van der Waals surface area contributed by atoms with Crippen LogP contribution >= 0.6 is 0 Å². The largest absolute Gasteiger partial charge is 0.367 e. The van der Waals surface area contributed by atoms with Crippen molar-refractivity contribution in [1.82, 2.24) is 14.7 Å². The zero-order chi connectivity index (χ0) is 17.0. The maximum atomic E-state index is 12.2. The van der Waals surface area contributed by atoms with E-state index in [0.29, 0.717) is 11.4 Å². The smallest absolute Gasteiger partial charge is 0.240 e. The predicted molar refractivity (Wildman–Crippen MR) is 89.7 cm³/mol. The molecular weight excluding hydrogens is 326 g/mol. The minimum atomic E-state index is -3.53. The van der Waals surface area contributed by atoms with Crippen molar-refractivity contribution < 1.29 is 13.2 Å². The Kier molecular flexibility index (Phi) is 4.93. The van der Waals surface area contributed by atoms with Crippen LogP contribution in [-0.2, 0) is 26.9 Å². The number of hydrogen-bond donors (Lipinski definition) is 1. The fourth-order valence-electron chi connectivity index (χ4n) is 2.69. The molecule has 2 aromatic rings. The van der Waals surface area contributed by atoms with Gasteiger partial charge < -0.3 is 4.74 Å². The van der Waals surface area contributed by atoms with Crippen molar-refractivity contribution in [3.8, 4) is 0 Å². The average Bonchev–Trinajstić information content (AvgIpc) is 2.62. The Labute approximate surface area is 142 Å². The van der Waals surface area contributed by atoms with E-state index in [-0.39, 0.29) is 11.4 Å². The molecule has 0 unspecified atom stereocenters. The molecule has 0 spiro atoms. The zero-order valence-electron chi connectivity index (χ0n) is 13.6. The maximum Gasteiger partial charge on any atom is 0.240 e. The van der Waals surface area contributed by atoms with Crippen molar-refractivity contribution in [3.05, 3.63) is 54.1 Å². The van der Waals surface area contributed by atoms with E-state index in [1.165, 1.54) is 0 Å². The van der Waals surface area contributed by atoms with Gasteiger partial charge in [-0.3, -0.25) is 0 Å². The Morgan fingerprint density at radius 3 is 2.50 bits per heavy atom. The average molecular weight is 347 g/mol. The van der Waals surface area contributed by atoms with E-state index < -0.39 is 15.6 Å². The topological polar surface area (TPSA) is 81.2 Å². The van der Waals surface area contributed by atoms with E-state index in [0.717, 1.165) is 25.9 Å². The monoisotopic (exact) mass is 347 g/mol. The molecular formula is C17H21N3O3S. The van der Waals surface area contributed by atoms with Crippen LogP contribution in [0.2, 0.25) is 0 Å². The van der Waals surface area contributed by atoms with E-state index >= 15 is 0 Å². The van der Waals surface area contributed by atoms with E-state index in [2.05, 4.69) is 14.7 Å². The van der Waals surface area contributed by atoms with Gasteiger partial charge in [0.25, 0.3) is 0 Å².